The molecule has 3 rings (SSSR count). The third-order valence-electron chi connectivity index (χ3n) is 4.23. The lowest BCUT2D eigenvalue weighted by Crippen LogP contribution is -2.48. The Bertz CT molecular complexity index is 485. The van der Waals surface area contributed by atoms with Crippen LogP contribution in [0.4, 0.5) is 0 Å². The zero-order chi connectivity index (χ0) is 12.8. The van der Waals surface area contributed by atoms with Crippen molar-refractivity contribution in [2.75, 3.05) is 0 Å². The van der Waals surface area contributed by atoms with Crippen LogP contribution in [-0.4, -0.2) is 11.2 Å². The molecule has 1 aromatic rings. The Balaban J connectivity index is 2.14. The van der Waals surface area contributed by atoms with E-state index in [0.29, 0.717) is 0 Å². The summed E-state index contributed by atoms with van der Waals surface area (Å²) in [6, 6.07) is 5.83. The second-order valence-electron chi connectivity index (χ2n) is 5.22. The number of benzene rings is 1. The maximum atomic E-state index is 11.0. The number of aliphatic hydroxyl groups is 1. The van der Waals surface area contributed by atoms with Crippen LogP contribution in [0.3, 0.4) is 0 Å². The van der Waals surface area contributed by atoms with Gasteiger partial charge in [-0.05, 0) is 37.5 Å². The molecule has 1 unspecified atom stereocenters. The number of hydrogen-bond donors (Lipinski definition) is 1. The molecule has 1 fully saturated rings. The van der Waals surface area contributed by atoms with Gasteiger partial charge in [0.15, 0.2) is 0 Å². The quantitative estimate of drug-likeness (QED) is 0.800. The molecule has 1 aliphatic heterocycles. The van der Waals surface area contributed by atoms with Crippen molar-refractivity contribution in [1.82, 2.24) is 0 Å². The molecule has 96 valence electrons. The molecule has 1 N–H and O–H groups in total. The van der Waals surface area contributed by atoms with Gasteiger partial charge in [-0.1, -0.05) is 35.0 Å². The van der Waals surface area contributed by atoms with E-state index in [4.69, 9.17) is 4.74 Å². The molecule has 1 heterocycles. The Hall–Kier alpha value is -0.800. The van der Waals surface area contributed by atoms with E-state index in [2.05, 4.69) is 22.5 Å². The van der Waals surface area contributed by atoms with E-state index < -0.39 is 5.60 Å². The highest BCUT2D eigenvalue weighted by molar-refractivity contribution is 9.10. The summed E-state index contributed by atoms with van der Waals surface area (Å²) in [5, 5.41) is 11.0. The molecule has 0 saturated heterocycles. The highest BCUT2D eigenvalue weighted by atomic mass is 79.9. The monoisotopic (exact) mass is 308 g/mol. The van der Waals surface area contributed by atoms with Crippen molar-refractivity contribution in [1.29, 1.82) is 0 Å². The molecule has 2 aliphatic rings. The van der Waals surface area contributed by atoms with Crippen LogP contribution >= 0.6 is 15.9 Å². The van der Waals surface area contributed by atoms with Gasteiger partial charge in [-0.25, -0.2) is 0 Å². The maximum Gasteiger partial charge on any atom is 0.126 e. The molecule has 3 heteroatoms. The van der Waals surface area contributed by atoms with Gasteiger partial charge in [-0.3, -0.25) is 0 Å². The number of hydrogen-bond acceptors (Lipinski definition) is 2. The molecule has 0 radical (unpaired) electrons. The molecule has 0 aromatic heterocycles. The third-order valence-corrected chi connectivity index (χ3v) is 4.72. The Morgan fingerprint density at radius 1 is 1.39 bits per heavy atom. The van der Waals surface area contributed by atoms with Crippen LogP contribution in [0, 0.1) is 5.92 Å². The van der Waals surface area contributed by atoms with E-state index in [1.165, 1.54) is 6.42 Å². The first-order valence-corrected chi connectivity index (χ1v) is 7.27. The van der Waals surface area contributed by atoms with E-state index in [9.17, 15) is 5.11 Å². The summed E-state index contributed by atoms with van der Waals surface area (Å²) in [7, 11) is 0. The van der Waals surface area contributed by atoms with Crippen molar-refractivity contribution in [3.05, 3.63) is 40.9 Å². The third kappa shape index (κ3) is 1.72. The molecular weight excluding hydrogens is 292 g/mol. The predicted octanol–water partition coefficient (Wildman–Crippen LogP) is 3.77. The molecule has 0 bridgehead atoms. The normalized spacial score (nSPS) is 34.1. The molecule has 3 atom stereocenters. The standard InChI is InChI=1S/C15H17BrO2/c1-2-15(17)11-5-3-4-6-13(11)18-14-8-7-10(16)9-12(14)15/h2,7-9,11,13,17H,1,3-6H2/t11-,13?,15+/m1/s1. The van der Waals surface area contributed by atoms with Crippen LogP contribution in [0.15, 0.2) is 35.3 Å². The van der Waals surface area contributed by atoms with Gasteiger partial charge in [-0.2, -0.15) is 0 Å². The van der Waals surface area contributed by atoms with Crippen LogP contribution < -0.4 is 4.74 Å². The summed E-state index contributed by atoms with van der Waals surface area (Å²) in [5.41, 5.74) is -0.113. The van der Waals surface area contributed by atoms with Crippen molar-refractivity contribution in [3.8, 4) is 5.75 Å². The summed E-state index contributed by atoms with van der Waals surface area (Å²) in [6.45, 7) is 3.85. The van der Waals surface area contributed by atoms with Gasteiger partial charge in [0.2, 0.25) is 0 Å². The molecule has 1 saturated carbocycles. The smallest absolute Gasteiger partial charge is 0.126 e. The van der Waals surface area contributed by atoms with Crippen molar-refractivity contribution in [3.63, 3.8) is 0 Å². The van der Waals surface area contributed by atoms with Crippen molar-refractivity contribution >= 4 is 15.9 Å². The topological polar surface area (TPSA) is 29.5 Å². The summed E-state index contributed by atoms with van der Waals surface area (Å²) in [6.07, 6.45) is 6.17. The largest absolute Gasteiger partial charge is 0.490 e. The predicted molar refractivity (Wildman–Crippen MR) is 74.6 cm³/mol. The molecule has 2 nitrogen and oxygen atoms in total. The summed E-state index contributed by atoms with van der Waals surface area (Å²) in [5.74, 6) is 0.925. The first-order valence-electron chi connectivity index (χ1n) is 6.48. The lowest BCUT2D eigenvalue weighted by molar-refractivity contribution is -0.0736. The Kier molecular flexibility index (Phi) is 2.99. The summed E-state index contributed by atoms with van der Waals surface area (Å²) in [4.78, 5) is 0. The summed E-state index contributed by atoms with van der Waals surface area (Å²) < 4.78 is 7.02. The van der Waals surface area contributed by atoms with E-state index in [0.717, 1.165) is 35.0 Å². The minimum absolute atomic E-state index is 0.121. The fourth-order valence-electron chi connectivity index (χ4n) is 3.28. The minimum Gasteiger partial charge on any atom is -0.490 e. The second-order valence-corrected chi connectivity index (χ2v) is 6.13. The summed E-state index contributed by atoms with van der Waals surface area (Å²) >= 11 is 3.46. The number of ether oxygens (including phenoxy) is 1. The van der Waals surface area contributed by atoms with E-state index in [1.54, 1.807) is 6.08 Å². The van der Waals surface area contributed by atoms with Gasteiger partial charge in [0.05, 0.1) is 0 Å². The van der Waals surface area contributed by atoms with Crippen LogP contribution in [-0.2, 0) is 5.60 Å². The number of rotatable bonds is 1. The van der Waals surface area contributed by atoms with Crippen molar-refractivity contribution in [2.24, 2.45) is 5.92 Å². The molecule has 0 amide bonds. The van der Waals surface area contributed by atoms with Gasteiger partial charge in [-0.15, -0.1) is 0 Å². The molecule has 1 aromatic carbocycles. The lowest BCUT2D eigenvalue weighted by atomic mass is 9.70. The van der Waals surface area contributed by atoms with Crippen LogP contribution in [0.25, 0.3) is 0 Å². The Morgan fingerprint density at radius 2 is 2.17 bits per heavy atom. The average molecular weight is 309 g/mol. The fraction of sp³-hybridized carbons (Fsp3) is 0.467. The van der Waals surface area contributed by atoms with Crippen LogP contribution in [0.1, 0.15) is 31.2 Å². The fourth-order valence-corrected chi connectivity index (χ4v) is 3.64. The maximum absolute atomic E-state index is 11.0. The van der Waals surface area contributed by atoms with Gasteiger partial charge in [0.1, 0.15) is 17.5 Å². The molecule has 18 heavy (non-hydrogen) atoms. The first-order chi connectivity index (χ1) is 8.65. The zero-order valence-electron chi connectivity index (χ0n) is 10.2. The van der Waals surface area contributed by atoms with Crippen LogP contribution in [0.5, 0.6) is 5.75 Å². The van der Waals surface area contributed by atoms with E-state index in [1.807, 2.05) is 18.2 Å². The Labute approximate surface area is 116 Å². The van der Waals surface area contributed by atoms with Crippen molar-refractivity contribution in [2.45, 2.75) is 37.4 Å². The number of fused-ring (bicyclic) bond motifs is 2. The van der Waals surface area contributed by atoms with Crippen LogP contribution in [0.2, 0.25) is 0 Å². The Morgan fingerprint density at radius 3 is 2.94 bits per heavy atom. The van der Waals surface area contributed by atoms with Gasteiger partial charge >= 0.3 is 0 Å². The first kappa shape index (κ1) is 12.2. The lowest BCUT2D eigenvalue weighted by Gasteiger charge is -2.46. The minimum atomic E-state index is -0.956. The highest BCUT2D eigenvalue weighted by Crippen LogP contribution is 2.49. The molecule has 0 spiro atoms. The molecule has 1 aliphatic carbocycles. The van der Waals surface area contributed by atoms with Crippen molar-refractivity contribution < 1.29 is 9.84 Å². The van der Waals surface area contributed by atoms with E-state index >= 15 is 0 Å². The van der Waals surface area contributed by atoms with Gasteiger partial charge < -0.3 is 9.84 Å². The van der Waals surface area contributed by atoms with Gasteiger partial charge in [0, 0.05) is 16.0 Å². The van der Waals surface area contributed by atoms with E-state index in [-0.39, 0.29) is 12.0 Å². The highest BCUT2D eigenvalue weighted by Gasteiger charge is 2.47. The number of halogens is 1. The average Bonchev–Trinajstić information content (AvgIpc) is 2.40. The van der Waals surface area contributed by atoms with Gasteiger partial charge in [0.25, 0.3) is 0 Å². The zero-order valence-corrected chi connectivity index (χ0v) is 11.8. The second kappa shape index (κ2) is 4.39. The molecular formula is C15H17BrO2. The SMILES string of the molecule is C=C[C@@]1(O)c2cc(Br)ccc2OC2CCCC[C@H]21.